The summed E-state index contributed by atoms with van der Waals surface area (Å²) in [6.07, 6.45) is -0.596. The van der Waals surface area contributed by atoms with E-state index in [9.17, 15) is 4.79 Å². The first-order chi connectivity index (χ1) is 11.8. The number of aryl methyl sites for hydroxylation is 3. The van der Waals surface area contributed by atoms with Crippen molar-refractivity contribution in [3.05, 3.63) is 58.7 Å². The maximum absolute atomic E-state index is 12.5. The Kier molecular flexibility index (Phi) is 6.07. The normalized spacial score (nSPS) is 13.0. The number of hydrogen-bond donors (Lipinski definition) is 1. The third-order valence-corrected chi connectivity index (χ3v) is 4.43. The van der Waals surface area contributed by atoms with Gasteiger partial charge in [0, 0.05) is 6.07 Å². The molecule has 0 unspecified atom stereocenters. The highest BCUT2D eigenvalue weighted by molar-refractivity contribution is 5.81. The van der Waals surface area contributed by atoms with Gasteiger partial charge in [-0.3, -0.25) is 4.79 Å². The first-order valence-corrected chi connectivity index (χ1v) is 8.50. The lowest BCUT2D eigenvalue weighted by Crippen LogP contribution is -2.38. The van der Waals surface area contributed by atoms with Gasteiger partial charge in [0.05, 0.1) is 13.2 Å². The highest BCUT2D eigenvalue weighted by Gasteiger charge is 2.19. The summed E-state index contributed by atoms with van der Waals surface area (Å²) >= 11 is 0. The molecular weight excluding hydrogens is 314 g/mol. The Morgan fingerprint density at radius 2 is 1.60 bits per heavy atom. The van der Waals surface area contributed by atoms with Crippen molar-refractivity contribution in [3.8, 4) is 11.5 Å². The molecule has 0 saturated heterocycles. The molecule has 2 atom stereocenters. The van der Waals surface area contributed by atoms with E-state index >= 15 is 0 Å². The molecule has 25 heavy (non-hydrogen) atoms. The van der Waals surface area contributed by atoms with Crippen molar-refractivity contribution in [2.45, 2.75) is 46.8 Å². The van der Waals surface area contributed by atoms with Gasteiger partial charge in [0.1, 0.15) is 11.5 Å². The number of carbonyl (C=O) groups excluding carboxylic acids is 1. The van der Waals surface area contributed by atoms with Crippen molar-refractivity contribution in [2.24, 2.45) is 0 Å². The molecule has 1 N–H and O–H groups in total. The molecule has 2 aromatic carbocycles. The van der Waals surface area contributed by atoms with Gasteiger partial charge in [-0.2, -0.15) is 0 Å². The summed E-state index contributed by atoms with van der Waals surface area (Å²) in [6.45, 7) is 9.99. The van der Waals surface area contributed by atoms with Crippen LogP contribution >= 0.6 is 0 Å². The van der Waals surface area contributed by atoms with Gasteiger partial charge >= 0.3 is 0 Å². The SMILES string of the molecule is COc1cccc(O[C@H](C)C(=O)N[C@H](C)c2cc(C)c(C)cc2C)c1. The molecule has 0 bridgehead atoms. The summed E-state index contributed by atoms with van der Waals surface area (Å²) in [5.74, 6) is 1.16. The minimum absolute atomic E-state index is 0.0804. The number of methoxy groups -OCH3 is 1. The summed E-state index contributed by atoms with van der Waals surface area (Å²) < 4.78 is 10.9. The number of nitrogens with one attached hydrogen (secondary N) is 1. The minimum Gasteiger partial charge on any atom is -0.497 e. The Labute approximate surface area is 150 Å². The van der Waals surface area contributed by atoms with Gasteiger partial charge in [-0.1, -0.05) is 18.2 Å². The van der Waals surface area contributed by atoms with E-state index < -0.39 is 6.10 Å². The topological polar surface area (TPSA) is 47.6 Å². The summed E-state index contributed by atoms with van der Waals surface area (Å²) in [6, 6.07) is 11.5. The second-order valence-corrected chi connectivity index (χ2v) is 6.46. The third-order valence-electron chi connectivity index (χ3n) is 4.43. The molecule has 0 spiro atoms. The molecular formula is C21H27NO3. The number of rotatable bonds is 6. The van der Waals surface area contributed by atoms with Gasteiger partial charge in [-0.05, 0) is 69.0 Å². The van der Waals surface area contributed by atoms with Gasteiger partial charge in [-0.25, -0.2) is 0 Å². The standard InChI is InChI=1S/C21H27NO3/c1-13-10-15(3)20(11-14(13)2)16(4)22-21(23)17(5)25-19-9-7-8-18(12-19)24-6/h7-12,16-17H,1-6H3,(H,22,23)/t16-,17-/m1/s1. The molecule has 0 fully saturated rings. The van der Waals surface area contributed by atoms with E-state index in [0.717, 1.165) is 5.56 Å². The molecule has 0 aliphatic rings. The fraction of sp³-hybridized carbons (Fsp3) is 0.381. The summed E-state index contributed by atoms with van der Waals surface area (Å²) in [4.78, 5) is 12.5. The van der Waals surface area contributed by atoms with Crippen molar-refractivity contribution < 1.29 is 14.3 Å². The average molecular weight is 341 g/mol. The zero-order valence-electron chi connectivity index (χ0n) is 15.8. The molecule has 4 nitrogen and oxygen atoms in total. The number of benzene rings is 2. The quantitative estimate of drug-likeness (QED) is 0.854. The van der Waals surface area contributed by atoms with Gasteiger partial charge in [-0.15, -0.1) is 0 Å². The van der Waals surface area contributed by atoms with Crippen LogP contribution in [0, 0.1) is 20.8 Å². The first kappa shape index (κ1) is 18.8. The van der Waals surface area contributed by atoms with E-state index in [1.54, 1.807) is 20.1 Å². The van der Waals surface area contributed by atoms with Crippen molar-refractivity contribution in [1.82, 2.24) is 5.32 Å². The maximum atomic E-state index is 12.5. The van der Waals surface area contributed by atoms with Crippen LogP contribution in [0.25, 0.3) is 0 Å². The molecule has 2 aromatic rings. The maximum Gasteiger partial charge on any atom is 0.261 e. The Morgan fingerprint density at radius 3 is 2.28 bits per heavy atom. The van der Waals surface area contributed by atoms with Crippen LogP contribution in [-0.4, -0.2) is 19.1 Å². The zero-order valence-corrected chi connectivity index (χ0v) is 15.8. The van der Waals surface area contributed by atoms with E-state index in [2.05, 4.69) is 38.2 Å². The van der Waals surface area contributed by atoms with E-state index in [-0.39, 0.29) is 11.9 Å². The molecule has 0 heterocycles. The fourth-order valence-electron chi connectivity index (χ4n) is 2.79. The molecule has 0 aliphatic heterocycles. The van der Waals surface area contributed by atoms with E-state index in [1.165, 1.54) is 16.7 Å². The minimum atomic E-state index is -0.596. The number of hydrogen-bond acceptors (Lipinski definition) is 3. The average Bonchev–Trinajstić information content (AvgIpc) is 2.58. The molecule has 0 aromatic heterocycles. The van der Waals surface area contributed by atoms with E-state index in [0.29, 0.717) is 11.5 Å². The predicted molar refractivity (Wildman–Crippen MR) is 100 cm³/mol. The largest absolute Gasteiger partial charge is 0.497 e. The van der Waals surface area contributed by atoms with Crippen molar-refractivity contribution in [3.63, 3.8) is 0 Å². The highest BCUT2D eigenvalue weighted by Crippen LogP contribution is 2.23. The lowest BCUT2D eigenvalue weighted by atomic mass is 9.96. The van der Waals surface area contributed by atoms with Crippen LogP contribution in [0.1, 0.15) is 42.1 Å². The van der Waals surface area contributed by atoms with Gasteiger partial charge in [0.15, 0.2) is 6.10 Å². The molecule has 134 valence electrons. The van der Waals surface area contributed by atoms with Crippen LogP contribution in [0.4, 0.5) is 0 Å². The third kappa shape index (κ3) is 4.75. The molecule has 0 radical (unpaired) electrons. The van der Waals surface area contributed by atoms with Crippen molar-refractivity contribution >= 4 is 5.91 Å². The van der Waals surface area contributed by atoms with Crippen LogP contribution in [-0.2, 0) is 4.79 Å². The number of amides is 1. The second kappa shape index (κ2) is 8.06. The number of ether oxygens (including phenoxy) is 2. The van der Waals surface area contributed by atoms with E-state index in [1.807, 2.05) is 25.1 Å². The Balaban J connectivity index is 2.04. The molecule has 2 rings (SSSR count). The second-order valence-electron chi connectivity index (χ2n) is 6.46. The molecule has 4 heteroatoms. The predicted octanol–water partition coefficient (Wildman–Crippen LogP) is 4.27. The molecule has 1 amide bonds. The van der Waals surface area contributed by atoms with E-state index in [4.69, 9.17) is 9.47 Å². The van der Waals surface area contributed by atoms with Gasteiger partial charge in [0.25, 0.3) is 5.91 Å². The van der Waals surface area contributed by atoms with Crippen LogP contribution < -0.4 is 14.8 Å². The smallest absolute Gasteiger partial charge is 0.261 e. The van der Waals surface area contributed by atoms with Crippen LogP contribution in [0.5, 0.6) is 11.5 Å². The summed E-state index contributed by atoms with van der Waals surface area (Å²) in [5, 5.41) is 3.04. The molecule has 0 saturated carbocycles. The Bertz CT molecular complexity index is 755. The van der Waals surface area contributed by atoms with Gasteiger partial charge < -0.3 is 14.8 Å². The molecule has 0 aliphatic carbocycles. The number of carbonyl (C=O) groups is 1. The van der Waals surface area contributed by atoms with Gasteiger partial charge in [0.2, 0.25) is 0 Å². The monoisotopic (exact) mass is 341 g/mol. The van der Waals surface area contributed by atoms with Crippen molar-refractivity contribution in [2.75, 3.05) is 7.11 Å². The first-order valence-electron chi connectivity index (χ1n) is 8.50. The van der Waals surface area contributed by atoms with Crippen LogP contribution in [0.15, 0.2) is 36.4 Å². The lowest BCUT2D eigenvalue weighted by molar-refractivity contribution is -0.127. The lowest BCUT2D eigenvalue weighted by Gasteiger charge is -2.21. The Morgan fingerprint density at radius 1 is 0.960 bits per heavy atom. The zero-order chi connectivity index (χ0) is 18.6. The summed E-state index contributed by atoms with van der Waals surface area (Å²) in [7, 11) is 1.60. The van der Waals surface area contributed by atoms with Crippen molar-refractivity contribution in [1.29, 1.82) is 0 Å². The van der Waals surface area contributed by atoms with Crippen LogP contribution in [0.3, 0.4) is 0 Å². The Hall–Kier alpha value is -2.49. The summed E-state index contributed by atoms with van der Waals surface area (Å²) in [5.41, 5.74) is 4.79. The van der Waals surface area contributed by atoms with Crippen LogP contribution in [0.2, 0.25) is 0 Å². The highest BCUT2D eigenvalue weighted by atomic mass is 16.5. The fourth-order valence-corrected chi connectivity index (χ4v) is 2.79.